The van der Waals surface area contributed by atoms with E-state index < -0.39 is 29.1 Å². The van der Waals surface area contributed by atoms with Gasteiger partial charge in [0, 0.05) is 5.92 Å². The maximum atomic E-state index is 14.0. The van der Waals surface area contributed by atoms with Crippen LogP contribution in [0.2, 0.25) is 0 Å². The minimum atomic E-state index is -1.61. The van der Waals surface area contributed by atoms with Crippen molar-refractivity contribution in [2.24, 2.45) is 11.8 Å². The first-order valence-electron chi connectivity index (χ1n) is 12.0. The second-order valence-corrected chi connectivity index (χ2v) is 9.48. The molecule has 3 aromatic rings. The molecule has 6 nitrogen and oxygen atoms in total. The van der Waals surface area contributed by atoms with Crippen LogP contribution in [0.4, 0.5) is 5.69 Å². The number of nitrogens with zero attached hydrogens (tertiary/aromatic N) is 1. The molecule has 1 aliphatic heterocycles. The number of amides is 2. The number of hydrogen-bond donors (Lipinski definition) is 1. The summed E-state index contributed by atoms with van der Waals surface area (Å²) < 4.78 is 5.72. The van der Waals surface area contributed by atoms with Gasteiger partial charge in [-0.25, -0.2) is 4.90 Å². The van der Waals surface area contributed by atoms with E-state index in [0.29, 0.717) is 29.2 Å². The minimum absolute atomic E-state index is 0.348. The van der Waals surface area contributed by atoms with Gasteiger partial charge < -0.3 is 9.84 Å². The number of carbonyl (C=O) groups is 3. The number of benzene rings is 3. The Morgan fingerprint density at radius 1 is 0.914 bits per heavy atom. The zero-order chi connectivity index (χ0) is 24.3. The molecule has 0 radical (unpaired) electrons. The van der Waals surface area contributed by atoms with Crippen molar-refractivity contribution in [1.29, 1.82) is 0 Å². The van der Waals surface area contributed by atoms with E-state index in [1.54, 1.807) is 48.5 Å². The number of hydrogen-bond acceptors (Lipinski definition) is 4. The lowest BCUT2D eigenvalue weighted by atomic mass is 9.47. The number of aliphatic carboxylic acids is 1. The Balaban J connectivity index is 1.49. The van der Waals surface area contributed by atoms with Crippen molar-refractivity contribution in [3.8, 4) is 5.75 Å². The Morgan fingerprint density at radius 3 is 2.09 bits per heavy atom. The van der Waals surface area contributed by atoms with Crippen LogP contribution < -0.4 is 9.64 Å². The molecule has 2 amide bonds. The maximum absolute atomic E-state index is 14.0. The second kappa shape index (κ2) is 7.80. The number of unbranched alkanes of at least 4 members (excludes halogenated alkanes) is 1. The van der Waals surface area contributed by atoms with Crippen molar-refractivity contribution in [2.45, 2.75) is 31.1 Å². The van der Waals surface area contributed by atoms with Gasteiger partial charge in [0.25, 0.3) is 0 Å². The van der Waals surface area contributed by atoms with E-state index in [4.69, 9.17) is 4.74 Å². The fourth-order valence-electron chi connectivity index (χ4n) is 6.42. The number of carboxylic acids is 1. The van der Waals surface area contributed by atoms with Crippen LogP contribution in [0, 0.1) is 11.8 Å². The molecule has 7 rings (SSSR count). The summed E-state index contributed by atoms with van der Waals surface area (Å²) in [6, 6.07) is 21.6. The third-order valence-corrected chi connectivity index (χ3v) is 7.82. The molecular weight excluding hydrogens is 442 g/mol. The number of imide groups is 1. The van der Waals surface area contributed by atoms with Crippen LogP contribution in [0.5, 0.6) is 5.75 Å². The van der Waals surface area contributed by atoms with Gasteiger partial charge >= 0.3 is 5.97 Å². The van der Waals surface area contributed by atoms with Gasteiger partial charge in [0.15, 0.2) is 0 Å². The van der Waals surface area contributed by atoms with E-state index in [2.05, 4.69) is 6.92 Å². The molecule has 0 saturated carbocycles. The zero-order valence-electron chi connectivity index (χ0n) is 19.3. The summed E-state index contributed by atoms with van der Waals surface area (Å²) in [5.74, 6) is -3.40. The van der Waals surface area contributed by atoms with Crippen molar-refractivity contribution in [2.75, 3.05) is 11.5 Å². The summed E-state index contributed by atoms with van der Waals surface area (Å²) in [6.45, 7) is 2.69. The van der Waals surface area contributed by atoms with E-state index in [1.165, 1.54) is 4.90 Å². The molecule has 2 bridgehead atoms. The number of anilines is 1. The van der Waals surface area contributed by atoms with Crippen molar-refractivity contribution in [1.82, 2.24) is 0 Å². The van der Waals surface area contributed by atoms with E-state index in [1.807, 2.05) is 24.3 Å². The smallest absolute Gasteiger partial charge is 0.319 e. The Bertz CT molecular complexity index is 1310. The van der Waals surface area contributed by atoms with Gasteiger partial charge in [0.1, 0.15) is 11.2 Å². The molecule has 2 unspecified atom stereocenters. The Hall–Kier alpha value is -3.93. The molecule has 4 aliphatic rings. The zero-order valence-corrected chi connectivity index (χ0v) is 19.3. The molecule has 0 aromatic heterocycles. The molecule has 1 saturated heterocycles. The summed E-state index contributed by atoms with van der Waals surface area (Å²) in [4.78, 5) is 42.2. The maximum Gasteiger partial charge on any atom is 0.319 e. The molecule has 35 heavy (non-hydrogen) atoms. The predicted molar refractivity (Wildman–Crippen MR) is 129 cm³/mol. The molecule has 3 aromatic carbocycles. The number of carbonyl (C=O) groups excluding carboxylic acids is 2. The van der Waals surface area contributed by atoms with Crippen LogP contribution >= 0.6 is 0 Å². The molecule has 6 heteroatoms. The quantitative estimate of drug-likeness (QED) is 0.426. The van der Waals surface area contributed by atoms with Gasteiger partial charge in [-0.15, -0.1) is 0 Å². The van der Waals surface area contributed by atoms with Gasteiger partial charge in [-0.1, -0.05) is 61.9 Å². The van der Waals surface area contributed by atoms with E-state index in [0.717, 1.165) is 24.0 Å². The van der Waals surface area contributed by atoms with Crippen molar-refractivity contribution in [3.63, 3.8) is 0 Å². The van der Waals surface area contributed by atoms with Crippen molar-refractivity contribution < 1.29 is 24.2 Å². The van der Waals surface area contributed by atoms with Gasteiger partial charge in [0.05, 0.1) is 24.1 Å². The normalized spacial score (nSPS) is 25.7. The topological polar surface area (TPSA) is 83.9 Å². The molecule has 1 heterocycles. The summed E-state index contributed by atoms with van der Waals surface area (Å²) in [5.41, 5.74) is 1.68. The molecule has 0 spiro atoms. The number of rotatable bonds is 6. The lowest BCUT2D eigenvalue weighted by Gasteiger charge is -2.51. The van der Waals surface area contributed by atoms with Crippen molar-refractivity contribution >= 4 is 23.5 Å². The Morgan fingerprint density at radius 2 is 1.51 bits per heavy atom. The number of carboxylic acid groups (broad SMARTS) is 1. The Labute approximate surface area is 203 Å². The van der Waals surface area contributed by atoms with Gasteiger partial charge in [-0.05, 0) is 52.9 Å². The molecule has 3 aliphatic carbocycles. The summed E-state index contributed by atoms with van der Waals surface area (Å²) in [6.07, 6.45) is 1.96. The van der Waals surface area contributed by atoms with Crippen LogP contribution in [0.3, 0.4) is 0 Å². The van der Waals surface area contributed by atoms with E-state index >= 15 is 0 Å². The molecular formula is C29H25NO5. The lowest BCUT2D eigenvalue weighted by molar-refractivity contribution is -0.149. The highest BCUT2D eigenvalue weighted by Gasteiger charge is 2.71. The van der Waals surface area contributed by atoms with Crippen LogP contribution in [0.1, 0.15) is 47.9 Å². The average molecular weight is 468 g/mol. The highest BCUT2D eigenvalue weighted by atomic mass is 16.5. The van der Waals surface area contributed by atoms with Gasteiger partial charge in [-0.2, -0.15) is 0 Å². The van der Waals surface area contributed by atoms with Crippen LogP contribution in [-0.4, -0.2) is 29.5 Å². The lowest BCUT2D eigenvalue weighted by Crippen LogP contribution is -2.57. The Kier molecular flexibility index (Phi) is 4.81. The average Bonchev–Trinajstić information content (AvgIpc) is 3.15. The highest BCUT2D eigenvalue weighted by Crippen LogP contribution is 2.64. The summed E-state index contributed by atoms with van der Waals surface area (Å²) in [7, 11) is 0. The van der Waals surface area contributed by atoms with Gasteiger partial charge in [0.2, 0.25) is 11.8 Å². The fraction of sp³-hybridized carbons (Fsp3) is 0.276. The van der Waals surface area contributed by atoms with E-state index in [-0.39, 0.29) is 11.8 Å². The standard InChI is InChI=1S/C29H25NO5/c1-2-3-16-35-18-14-12-17(13-15-18)30-26(31)24-23-19-8-4-6-10-21(19)29(28(33)34,25(24)27(30)32)22-11-7-5-9-20(22)23/h4-15,23-25H,2-3,16H2,1H3,(H,33,34). The van der Waals surface area contributed by atoms with Crippen molar-refractivity contribution in [3.05, 3.63) is 95.1 Å². The van der Waals surface area contributed by atoms with Gasteiger partial charge in [-0.3, -0.25) is 14.4 Å². The first kappa shape index (κ1) is 21.6. The minimum Gasteiger partial charge on any atom is -0.494 e. The molecule has 2 atom stereocenters. The first-order valence-corrected chi connectivity index (χ1v) is 12.0. The van der Waals surface area contributed by atoms with Crippen LogP contribution in [0.25, 0.3) is 0 Å². The number of ether oxygens (including phenoxy) is 1. The third-order valence-electron chi connectivity index (χ3n) is 7.82. The third kappa shape index (κ3) is 2.74. The molecule has 1 fully saturated rings. The summed E-state index contributed by atoms with van der Waals surface area (Å²) in [5, 5.41) is 10.8. The monoisotopic (exact) mass is 467 g/mol. The predicted octanol–water partition coefficient (Wildman–Crippen LogP) is 4.50. The highest BCUT2D eigenvalue weighted by molar-refractivity contribution is 6.25. The second-order valence-electron chi connectivity index (χ2n) is 9.48. The first-order chi connectivity index (χ1) is 17.0. The fourth-order valence-corrected chi connectivity index (χ4v) is 6.42. The SMILES string of the molecule is CCCCOc1ccc(N2C(=O)C3C4c5ccccc5C(C(=O)O)(c5ccccc54)C3C2=O)cc1. The molecule has 176 valence electrons. The molecule has 1 N–H and O–H groups in total. The summed E-state index contributed by atoms with van der Waals surface area (Å²) >= 11 is 0. The van der Waals surface area contributed by atoms with Crippen LogP contribution in [-0.2, 0) is 19.8 Å². The largest absolute Gasteiger partial charge is 0.494 e. The van der Waals surface area contributed by atoms with Crippen LogP contribution in [0.15, 0.2) is 72.8 Å². The van der Waals surface area contributed by atoms with E-state index in [9.17, 15) is 19.5 Å².